The molecule has 5 nitrogen and oxygen atoms in total. The summed E-state index contributed by atoms with van der Waals surface area (Å²) in [6, 6.07) is 14.5. The van der Waals surface area contributed by atoms with Gasteiger partial charge in [-0.05, 0) is 36.2 Å². The largest absolute Gasteiger partial charge is 0.493 e. The second-order valence-electron chi connectivity index (χ2n) is 7.51. The average molecular weight is 365 g/mol. The Balaban J connectivity index is 1.23. The van der Waals surface area contributed by atoms with Crippen LogP contribution >= 0.6 is 0 Å². The molecule has 1 N–H and O–H groups in total. The molecule has 142 valence electrons. The maximum absolute atomic E-state index is 12.3. The Morgan fingerprint density at radius 2 is 1.78 bits per heavy atom. The first-order chi connectivity index (χ1) is 13.2. The predicted molar refractivity (Wildman–Crippen MR) is 107 cm³/mol. The molecule has 27 heavy (non-hydrogen) atoms. The van der Waals surface area contributed by atoms with Crippen molar-refractivity contribution >= 4 is 11.6 Å². The van der Waals surface area contributed by atoms with Crippen molar-refractivity contribution < 1.29 is 9.53 Å². The maximum Gasteiger partial charge on any atom is 0.238 e. The number of fused-ring (bicyclic) bond motifs is 1. The maximum atomic E-state index is 12.3. The smallest absolute Gasteiger partial charge is 0.238 e. The van der Waals surface area contributed by atoms with Crippen LogP contribution in [-0.2, 0) is 17.8 Å². The summed E-state index contributed by atoms with van der Waals surface area (Å²) >= 11 is 0. The van der Waals surface area contributed by atoms with Gasteiger partial charge in [-0.3, -0.25) is 14.6 Å². The lowest BCUT2D eigenvalue weighted by Gasteiger charge is -2.34. The summed E-state index contributed by atoms with van der Waals surface area (Å²) in [6.45, 7) is 8.11. The lowest BCUT2D eigenvalue weighted by molar-refractivity contribution is -0.117. The molecule has 0 radical (unpaired) electrons. The van der Waals surface area contributed by atoms with E-state index < -0.39 is 0 Å². The first-order valence-corrected chi connectivity index (χ1v) is 9.71. The molecular formula is C22H27N3O2. The summed E-state index contributed by atoms with van der Waals surface area (Å²) in [4.78, 5) is 17.0. The monoisotopic (exact) mass is 365 g/mol. The number of carbonyl (C=O) groups is 1. The van der Waals surface area contributed by atoms with Crippen molar-refractivity contribution in [2.75, 3.05) is 44.6 Å². The van der Waals surface area contributed by atoms with Crippen LogP contribution in [0.1, 0.15) is 16.7 Å². The number of amides is 1. The number of benzene rings is 2. The van der Waals surface area contributed by atoms with E-state index in [1.165, 1.54) is 16.7 Å². The van der Waals surface area contributed by atoms with Gasteiger partial charge in [0.25, 0.3) is 0 Å². The molecule has 2 aliphatic heterocycles. The van der Waals surface area contributed by atoms with Crippen molar-refractivity contribution in [2.45, 2.75) is 19.9 Å². The second kappa shape index (κ2) is 8.11. The second-order valence-corrected chi connectivity index (χ2v) is 7.51. The highest BCUT2D eigenvalue weighted by atomic mass is 16.5. The number of nitrogens with one attached hydrogen (secondary N) is 1. The molecule has 0 atom stereocenters. The summed E-state index contributed by atoms with van der Waals surface area (Å²) in [5, 5.41) is 2.99. The minimum absolute atomic E-state index is 0.0610. The van der Waals surface area contributed by atoms with Gasteiger partial charge < -0.3 is 10.1 Å². The molecule has 1 fully saturated rings. The van der Waals surface area contributed by atoms with Crippen LogP contribution in [0.25, 0.3) is 0 Å². The molecule has 0 bridgehead atoms. The van der Waals surface area contributed by atoms with Gasteiger partial charge in [-0.1, -0.05) is 29.8 Å². The number of nitrogens with zero attached hydrogens (tertiary/aromatic N) is 2. The lowest BCUT2D eigenvalue weighted by Crippen LogP contribution is -2.48. The Morgan fingerprint density at radius 1 is 1.04 bits per heavy atom. The van der Waals surface area contributed by atoms with E-state index in [4.69, 9.17) is 4.74 Å². The number of carbonyl (C=O) groups excluding carboxylic acids is 1. The van der Waals surface area contributed by atoms with E-state index in [2.05, 4.69) is 33.3 Å². The summed E-state index contributed by atoms with van der Waals surface area (Å²) in [5.74, 6) is 1.11. The molecule has 1 saturated heterocycles. The summed E-state index contributed by atoms with van der Waals surface area (Å²) in [7, 11) is 0. The number of rotatable bonds is 5. The van der Waals surface area contributed by atoms with Gasteiger partial charge in [0, 0.05) is 44.8 Å². The zero-order valence-electron chi connectivity index (χ0n) is 15.9. The molecule has 4 rings (SSSR count). The van der Waals surface area contributed by atoms with E-state index in [1.54, 1.807) is 0 Å². The highest BCUT2D eigenvalue weighted by Crippen LogP contribution is 2.26. The molecular weight excluding hydrogens is 338 g/mol. The molecule has 0 spiro atoms. The molecule has 2 heterocycles. The van der Waals surface area contributed by atoms with Crippen LogP contribution in [0.4, 0.5) is 5.69 Å². The number of piperazine rings is 1. The zero-order chi connectivity index (χ0) is 18.6. The van der Waals surface area contributed by atoms with Gasteiger partial charge in [-0.15, -0.1) is 0 Å². The van der Waals surface area contributed by atoms with Gasteiger partial charge in [-0.25, -0.2) is 0 Å². The van der Waals surface area contributed by atoms with Crippen molar-refractivity contribution in [1.29, 1.82) is 0 Å². The van der Waals surface area contributed by atoms with Gasteiger partial charge in [-0.2, -0.15) is 0 Å². The molecule has 2 aromatic carbocycles. The Labute approximate surface area is 160 Å². The van der Waals surface area contributed by atoms with Crippen LogP contribution in [0.15, 0.2) is 42.5 Å². The van der Waals surface area contributed by atoms with Crippen molar-refractivity contribution in [1.82, 2.24) is 9.80 Å². The predicted octanol–water partition coefficient (Wildman–Crippen LogP) is 2.69. The normalized spacial score (nSPS) is 17.4. The van der Waals surface area contributed by atoms with Crippen molar-refractivity contribution in [3.05, 3.63) is 59.2 Å². The molecule has 2 aromatic rings. The number of ether oxygens (including phenoxy) is 1. The van der Waals surface area contributed by atoms with Crippen LogP contribution in [0.2, 0.25) is 0 Å². The third kappa shape index (κ3) is 4.67. The quantitative estimate of drug-likeness (QED) is 0.885. The molecule has 1 amide bonds. The van der Waals surface area contributed by atoms with Crippen LogP contribution in [0, 0.1) is 6.92 Å². The van der Waals surface area contributed by atoms with Gasteiger partial charge in [0.05, 0.1) is 13.2 Å². The van der Waals surface area contributed by atoms with E-state index in [9.17, 15) is 4.79 Å². The van der Waals surface area contributed by atoms with Crippen molar-refractivity contribution in [3.8, 4) is 5.75 Å². The van der Waals surface area contributed by atoms with Gasteiger partial charge >= 0.3 is 0 Å². The summed E-state index contributed by atoms with van der Waals surface area (Å²) in [6.07, 6.45) is 1.02. The number of hydrogen-bond donors (Lipinski definition) is 1. The van der Waals surface area contributed by atoms with E-state index in [1.807, 2.05) is 31.2 Å². The SMILES string of the molecule is Cc1ccc(NC(=O)CN2CCN(Cc3ccc4c(c3)CCO4)CC2)cc1. The number of anilines is 1. The van der Waals surface area contributed by atoms with Gasteiger partial charge in [0.15, 0.2) is 0 Å². The third-order valence-electron chi connectivity index (χ3n) is 5.33. The standard InChI is InChI=1S/C22H27N3O2/c1-17-2-5-20(6-3-17)23-22(26)16-25-11-9-24(10-12-25)15-18-4-7-21-19(14-18)8-13-27-21/h2-7,14H,8-13,15-16H2,1H3,(H,23,26). The highest BCUT2D eigenvalue weighted by Gasteiger charge is 2.20. The van der Waals surface area contributed by atoms with Gasteiger partial charge in [0.1, 0.15) is 5.75 Å². The Morgan fingerprint density at radius 3 is 2.56 bits per heavy atom. The van der Waals surface area contributed by atoms with E-state index in [0.717, 1.165) is 57.2 Å². The average Bonchev–Trinajstić information content (AvgIpc) is 3.13. The molecule has 5 heteroatoms. The van der Waals surface area contributed by atoms with E-state index in [-0.39, 0.29) is 5.91 Å². The highest BCUT2D eigenvalue weighted by molar-refractivity contribution is 5.92. The van der Waals surface area contributed by atoms with Crippen LogP contribution in [0.3, 0.4) is 0 Å². The van der Waals surface area contributed by atoms with Crippen LogP contribution in [-0.4, -0.2) is 55.0 Å². The Hall–Kier alpha value is -2.37. The minimum Gasteiger partial charge on any atom is -0.493 e. The van der Waals surface area contributed by atoms with Crippen LogP contribution in [0.5, 0.6) is 5.75 Å². The fraction of sp³-hybridized carbons (Fsp3) is 0.409. The van der Waals surface area contributed by atoms with E-state index in [0.29, 0.717) is 6.54 Å². The summed E-state index contributed by atoms with van der Waals surface area (Å²) in [5.41, 5.74) is 4.74. The molecule has 0 unspecified atom stereocenters. The first kappa shape index (κ1) is 18.0. The lowest BCUT2D eigenvalue weighted by atomic mass is 10.1. The zero-order valence-corrected chi connectivity index (χ0v) is 15.9. The molecule has 0 saturated carbocycles. The van der Waals surface area contributed by atoms with Crippen LogP contribution < -0.4 is 10.1 Å². The van der Waals surface area contributed by atoms with Crippen molar-refractivity contribution in [3.63, 3.8) is 0 Å². The Kier molecular flexibility index (Phi) is 5.41. The Bertz CT molecular complexity index is 796. The number of hydrogen-bond acceptors (Lipinski definition) is 4. The first-order valence-electron chi connectivity index (χ1n) is 9.71. The molecule has 0 aromatic heterocycles. The summed E-state index contributed by atoms with van der Waals surface area (Å²) < 4.78 is 5.58. The fourth-order valence-electron chi connectivity index (χ4n) is 3.74. The topological polar surface area (TPSA) is 44.8 Å². The molecule has 0 aliphatic carbocycles. The minimum atomic E-state index is 0.0610. The van der Waals surface area contributed by atoms with E-state index >= 15 is 0 Å². The van der Waals surface area contributed by atoms with Gasteiger partial charge in [0.2, 0.25) is 5.91 Å². The fourth-order valence-corrected chi connectivity index (χ4v) is 3.74. The molecule has 2 aliphatic rings. The van der Waals surface area contributed by atoms with Crippen molar-refractivity contribution in [2.24, 2.45) is 0 Å². The third-order valence-corrected chi connectivity index (χ3v) is 5.33. The number of aryl methyl sites for hydroxylation is 1.